The van der Waals surface area contributed by atoms with Crippen molar-refractivity contribution in [2.45, 2.75) is 38.6 Å². The average molecular weight is 272 g/mol. The smallest absolute Gasteiger partial charge is 0.0444 e. The van der Waals surface area contributed by atoms with E-state index in [0.29, 0.717) is 12.0 Å². The van der Waals surface area contributed by atoms with Crippen LogP contribution in [-0.4, -0.2) is 12.6 Å². The van der Waals surface area contributed by atoms with Gasteiger partial charge in [-0.05, 0) is 48.1 Å². The molecule has 0 heterocycles. The zero-order valence-corrected chi connectivity index (χ0v) is 12.1. The first-order chi connectivity index (χ1) is 7.93. The summed E-state index contributed by atoms with van der Waals surface area (Å²) in [5.74, 6) is 0.667. The topological polar surface area (TPSA) is 12.0 Å². The third kappa shape index (κ3) is 2.78. The first-order valence-corrected chi connectivity index (χ1v) is 6.88. The SMILES string of the molecule is CC(C)NCC1CC1(C)c1cc(Cl)ccc1Cl. The predicted molar refractivity (Wildman–Crippen MR) is 75.1 cm³/mol. The molecule has 0 aliphatic heterocycles. The monoisotopic (exact) mass is 271 g/mol. The van der Waals surface area contributed by atoms with Crippen LogP contribution in [0.15, 0.2) is 18.2 Å². The van der Waals surface area contributed by atoms with E-state index in [4.69, 9.17) is 23.2 Å². The maximum absolute atomic E-state index is 6.27. The van der Waals surface area contributed by atoms with Crippen LogP contribution >= 0.6 is 23.2 Å². The molecule has 0 spiro atoms. The van der Waals surface area contributed by atoms with Crippen molar-refractivity contribution in [1.82, 2.24) is 5.32 Å². The zero-order valence-electron chi connectivity index (χ0n) is 10.6. The molecule has 1 aromatic carbocycles. The second kappa shape index (κ2) is 4.79. The van der Waals surface area contributed by atoms with Crippen LogP contribution in [0.1, 0.15) is 32.8 Å². The van der Waals surface area contributed by atoms with E-state index in [1.165, 1.54) is 12.0 Å². The van der Waals surface area contributed by atoms with Gasteiger partial charge < -0.3 is 5.32 Å². The molecule has 1 N–H and O–H groups in total. The summed E-state index contributed by atoms with van der Waals surface area (Å²) in [5, 5.41) is 5.10. The van der Waals surface area contributed by atoms with Crippen LogP contribution in [-0.2, 0) is 5.41 Å². The lowest BCUT2D eigenvalue weighted by Gasteiger charge is -2.15. The first-order valence-electron chi connectivity index (χ1n) is 6.12. The molecule has 94 valence electrons. The fraction of sp³-hybridized carbons (Fsp3) is 0.571. The molecule has 17 heavy (non-hydrogen) atoms. The second-order valence-electron chi connectivity index (χ2n) is 5.51. The van der Waals surface area contributed by atoms with Crippen LogP contribution in [0.3, 0.4) is 0 Å². The number of benzene rings is 1. The predicted octanol–water partition coefficient (Wildman–Crippen LogP) is 4.27. The van der Waals surface area contributed by atoms with E-state index in [2.05, 4.69) is 26.1 Å². The molecule has 0 bridgehead atoms. The minimum Gasteiger partial charge on any atom is -0.314 e. The highest BCUT2D eigenvalue weighted by Crippen LogP contribution is 2.55. The highest BCUT2D eigenvalue weighted by atomic mass is 35.5. The molecule has 1 aromatic rings. The fourth-order valence-corrected chi connectivity index (χ4v) is 2.90. The summed E-state index contributed by atoms with van der Waals surface area (Å²) in [6, 6.07) is 6.30. The van der Waals surface area contributed by atoms with E-state index in [1.54, 1.807) is 0 Å². The van der Waals surface area contributed by atoms with E-state index in [9.17, 15) is 0 Å². The van der Waals surface area contributed by atoms with E-state index < -0.39 is 0 Å². The Morgan fingerprint density at radius 2 is 2.12 bits per heavy atom. The second-order valence-corrected chi connectivity index (χ2v) is 6.35. The third-order valence-corrected chi connectivity index (χ3v) is 4.29. The summed E-state index contributed by atoms with van der Waals surface area (Å²) in [6.07, 6.45) is 1.19. The normalized spacial score (nSPS) is 27.5. The van der Waals surface area contributed by atoms with Crippen LogP contribution in [0, 0.1) is 5.92 Å². The van der Waals surface area contributed by atoms with Crippen molar-refractivity contribution in [3.8, 4) is 0 Å². The largest absolute Gasteiger partial charge is 0.314 e. The van der Waals surface area contributed by atoms with Gasteiger partial charge in [0.15, 0.2) is 0 Å². The van der Waals surface area contributed by atoms with E-state index in [1.807, 2.05) is 18.2 Å². The van der Waals surface area contributed by atoms with Gasteiger partial charge in [-0.15, -0.1) is 0 Å². The van der Waals surface area contributed by atoms with Gasteiger partial charge in [0.25, 0.3) is 0 Å². The molecule has 1 aliphatic carbocycles. The summed E-state index contributed by atoms with van der Waals surface area (Å²) < 4.78 is 0. The van der Waals surface area contributed by atoms with Crippen molar-refractivity contribution in [2.24, 2.45) is 5.92 Å². The number of rotatable bonds is 4. The highest BCUT2D eigenvalue weighted by Gasteiger charge is 2.51. The van der Waals surface area contributed by atoms with Gasteiger partial charge in [-0.1, -0.05) is 44.0 Å². The van der Waals surface area contributed by atoms with Gasteiger partial charge in [0.05, 0.1) is 0 Å². The van der Waals surface area contributed by atoms with Crippen molar-refractivity contribution in [2.75, 3.05) is 6.54 Å². The quantitative estimate of drug-likeness (QED) is 0.863. The summed E-state index contributed by atoms with van der Waals surface area (Å²) in [4.78, 5) is 0. The number of hydrogen-bond acceptors (Lipinski definition) is 1. The van der Waals surface area contributed by atoms with Gasteiger partial charge in [-0.2, -0.15) is 0 Å². The van der Waals surface area contributed by atoms with Crippen molar-refractivity contribution >= 4 is 23.2 Å². The molecule has 0 radical (unpaired) electrons. The molecule has 1 fully saturated rings. The molecule has 2 rings (SSSR count). The van der Waals surface area contributed by atoms with Crippen molar-refractivity contribution in [3.63, 3.8) is 0 Å². The van der Waals surface area contributed by atoms with Gasteiger partial charge in [-0.25, -0.2) is 0 Å². The summed E-state index contributed by atoms with van der Waals surface area (Å²) >= 11 is 12.3. The Kier molecular flexibility index (Phi) is 3.72. The lowest BCUT2D eigenvalue weighted by atomic mass is 9.95. The molecule has 1 nitrogen and oxygen atoms in total. The van der Waals surface area contributed by atoms with Crippen molar-refractivity contribution in [3.05, 3.63) is 33.8 Å². The molecular weight excluding hydrogens is 253 g/mol. The van der Waals surface area contributed by atoms with Crippen LogP contribution in [0.25, 0.3) is 0 Å². The zero-order chi connectivity index (χ0) is 12.6. The van der Waals surface area contributed by atoms with E-state index >= 15 is 0 Å². The number of hydrogen-bond donors (Lipinski definition) is 1. The highest BCUT2D eigenvalue weighted by molar-refractivity contribution is 6.33. The van der Waals surface area contributed by atoms with Gasteiger partial charge in [-0.3, -0.25) is 0 Å². The number of nitrogens with one attached hydrogen (secondary N) is 1. The van der Waals surface area contributed by atoms with E-state index in [-0.39, 0.29) is 5.41 Å². The molecule has 1 saturated carbocycles. The molecule has 2 unspecified atom stereocenters. The molecule has 0 aromatic heterocycles. The Balaban J connectivity index is 2.10. The third-order valence-electron chi connectivity index (χ3n) is 3.73. The van der Waals surface area contributed by atoms with Gasteiger partial charge in [0.2, 0.25) is 0 Å². The Bertz CT molecular complexity index is 417. The minimum absolute atomic E-state index is 0.198. The maximum atomic E-state index is 6.27. The lowest BCUT2D eigenvalue weighted by molar-refractivity contribution is 0.528. The number of halogens is 2. The Hall–Kier alpha value is -0.240. The average Bonchev–Trinajstić information content (AvgIpc) is 2.92. The van der Waals surface area contributed by atoms with Gasteiger partial charge in [0.1, 0.15) is 0 Å². The Morgan fingerprint density at radius 1 is 1.41 bits per heavy atom. The van der Waals surface area contributed by atoms with Crippen LogP contribution in [0.5, 0.6) is 0 Å². The molecule has 1 aliphatic rings. The summed E-state index contributed by atoms with van der Waals surface area (Å²) in [7, 11) is 0. The van der Waals surface area contributed by atoms with Crippen LogP contribution in [0.2, 0.25) is 10.0 Å². The molecular formula is C14H19Cl2N. The first kappa shape index (κ1) is 13.2. The molecule has 3 heteroatoms. The van der Waals surface area contributed by atoms with Crippen LogP contribution in [0.4, 0.5) is 0 Å². The van der Waals surface area contributed by atoms with Crippen LogP contribution < -0.4 is 5.32 Å². The lowest BCUT2D eigenvalue weighted by Crippen LogP contribution is -2.26. The Morgan fingerprint density at radius 3 is 2.76 bits per heavy atom. The molecule has 2 atom stereocenters. The van der Waals surface area contributed by atoms with E-state index in [0.717, 1.165) is 16.6 Å². The van der Waals surface area contributed by atoms with Gasteiger partial charge in [0, 0.05) is 16.1 Å². The molecule has 0 saturated heterocycles. The maximum Gasteiger partial charge on any atom is 0.0444 e. The van der Waals surface area contributed by atoms with Crippen molar-refractivity contribution < 1.29 is 0 Å². The van der Waals surface area contributed by atoms with Gasteiger partial charge >= 0.3 is 0 Å². The minimum atomic E-state index is 0.198. The summed E-state index contributed by atoms with van der Waals surface area (Å²) in [6.45, 7) is 7.67. The Labute approximate surface area is 114 Å². The summed E-state index contributed by atoms with van der Waals surface area (Å²) in [5.41, 5.74) is 1.39. The molecule has 0 amide bonds. The fourth-order valence-electron chi connectivity index (χ4n) is 2.39. The van der Waals surface area contributed by atoms with Crippen molar-refractivity contribution in [1.29, 1.82) is 0 Å². The standard InChI is InChI=1S/C14H19Cl2N/c1-9(2)17-8-10-7-14(10,3)12-6-11(15)4-5-13(12)16/h4-6,9-10,17H,7-8H2,1-3H3.